The molecule has 0 unspecified atom stereocenters. The summed E-state index contributed by atoms with van der Waals surface area (Å²) < 4.78 is 0. The first-order valence-corrected chi connectivity index (χ1v) is 3.44. The first-order chi connectivity index (χ1) is 5.20. The van der Waals surface area contributed by atoms with E-state index in [9.17, 15) is 4.79 Å². The fourth-order valence-corrected chi connectivity index (χ4v) is 0.782. The predicted molar refractivity (Wildman–Crippen MR) is 40.8 cm³/mol. The van der Waals surface area contributed by atoms with Crippen LogP contribution < -0.4 is 5.32 Å². The van der Waals surface area contributed by atoms with E-state index < -0.39 is 0 Å². The van der Waals surface area contributed by atoms with Gasteiger partial charge in [0.25, 0.3) is 0 Å². The number of nitrogens with zero attached hydrogens (tertiary/aromatic N) is 1. The summed E-state index contributed by atoms with van der Waals surface area (Å²) in [6.45, 7) is 3.95. The zero-order valence-corrected chi connectivity index (χ0v) is 6.64. The maximum atomic E-state index is 10.5. The van der Waals surface area contributed by atoms with Crippen molar-refractivity contribution >= 4 is 5.91 Å². The Morgan fingerprint density at radius 3 is 3.00 bits per heavy atom. The number of hydrogen-bond acceptors (Lipinski definition) is 2. The average Bonchev–Trinajstić information content (AvgIpc) is 2.31. The molecule has 2 N–H and O–H groups in total. The molecule has 0 atom stereocenters. The van der Waals surface area contributed by atoms with Crippen LogP contribution in [-0.4, -0.2) is 16.1 Å². The molecule has 0 aliphatic heterocycles. The minimum Gasteiger partial charge on any atom is -0.352 e. The summed E-state index contributed by atoms with van der Waals surface area (Å²) in [5, 5.41) is 9.33. The van der Waals surface area contributed by atoms with Gasteiger partial charge in [-0.25, -0.2) is 0 Å². The highest BCUT2D eigenvalue weighted by atomic mass is 16.1. The highest BCUT2D eigenvalue weighted by molar-refractivity contribution is 5.72. The number of rotatable bonds is 2. The van der Waals surface area contributed by atoms with Gasteiger partial charge in [0.2, 0.25) is 5.91 Å². The SMILES string of the molecule is CC(=O)NCc1c[nH]nc1C. The highest BCUT2D eigenvalue weighted by Crippen LogP contribution is 2.00. The van der Waals surface area contributed by atoms with E-state index in [2.05, 4.69) is 15.5 Å². The maximum absolute atomic E-state index is 10.5. The number of aromatic amines is 1. The smallest absolute Gasteiger partial charge is 0.217 e. The minimum atomic E-state index is -0.0226. The van der Waals surface area contributed by atoms with E-state index in [4.69, 9.17) is 0 Å². The second kappa shape index (κ2) is 3.18. The van der Waals surface area contributed by atoms with Crippen molar-refractivity contribution in [1.82, 2.24) is 15.5 Å². The second-order valence-corrected chi connectivity index (χ2v) is 2.41. The monoisotopic (exact) mass is 153 g/mol. The first kappa shape index (κ1) is 7.78. The van der Waals surface area contributed by atoms with Gasteiger partial charge in [0, 0.05) is 25.2 Å². The number of nitrogens with one attached hydrogen (secondary N) is 2. The van der Waals surface area contributed by atoms with E-state index in [0.717, 1.165) is 11.3 Å². The second-order valence-electron chi connectivity index (χ2n) is 2.41. The lowest BCUT2D eigenvalue weighted by Crippen LogP contribution is -2.18. The Kier molecular flexibility index (Phi) is 2.25. The summed E-state index contributed by atoms with van der Waals surface area (Å²) in [5.41, 5.74) is 1.96. The van der Waals surface area contributed by atoms with E-state index in [0.29, 0.717) is 6.54 Å². The molecule has 0 aliphatic rings. The Morgan fingerprint density at radius 2 is 2.55 bits per heavy atom. The van der Waals surface area contributed by atoms with Crippen LogP contribution in [-0.2, 0) is 11.3 Å². The molecule has 0 saturated carbocycles. The van der Waals surface area contributed by atoms with Crippen molar-refractivity contribution in [3.8, 4) is 0 Å². The molecule has 0 aliphatic carbocycles. The summed E-state index contributed by atoms with van der Waals surface area (Å²) in [6.07, 6.45) is 1.78. The summed E-state index contributed by atoms with van der Waals surface area (Å²) in [5.74, 6) is -0.0226. The molecular formula is C7H11N3O. The molecular weight excluding hydrogens is 142 g/mol. The van der Waals surface area contributed by atoms with Gasteiger partial charge in [-0.3, -0.25) is 9.89 Å². The molecule has 0 fully saturated rings. The lowest BCUT2D eigenvalue weighted by atomic mass is 10.3. The Balaban J connectivity index is 2.51. The highest BCUT2D eigenvalue weighted by Gasteiger charge is 1.99. The Hall–Kier alpha value is -1.32. The molecule has 60 valence electrons. The van der Waals surface area contributed by atoms with Gasteiger partial charge in [-0.1, -0.05) is 0 Å². The standard InChI is InChI=1S/C7H11N3O/c1-5-7(4-9-10-5)3-8-6(2)11/h4H,3H2,1-2H3,(H,8,11)(H,9,10). The van der Waals surface area contributed by atoms with Crippen LogP contribution in [0.25, 0.3) is 0 Å². The summed E-state index contributed by atoms with van der Waals surface area (Å²) >= 11 is 0. The number of carbonyl (C=O) groups excluding carboxylic acids is 1. The molecule has 0 saturated heterocycles. The van der Waals surface area contributed by atoms with E-state index >= 15 is 0 Å². The molecule has 1 amide bonds. The summed E-state index contributed by atoms with van der Waals surface area (Å²) in [7, 11) is 0. The van der Waals surface area contributed by atoms with Gasteiger partial charge in [0.05, 0.1) is 5.69 Å². The van der Waals surface area contributed by atoms with Crippen LogP contribution in [0.3, 0.4) is 0 Å². The molecule has 4 heteroatoms. The lowest BCUT2D eigenvalue weighted by Gasteiger charge is -1.98. The van der Waals surface area contributed by atoms with Crippen molar-refractivity contribution in [2.45, 2.75) is 20.4 Å². The van der Waals surface area contributed by atoms with Crippen molar-refractivity contribution in [3.63, 3.8) is 0 Å². The zero-order chi connectivity index (χ0) is 8.27. The molecule has 1 aromatic rings. The van der Waals surface area contributed by atoms with E-state index in [1.165, 1.54) is 6.92 Å². The Morgan fingerprint density at radius 1 is 1.82 bits per heavy atom. The van der Waals surface area contributed by atoms with Crippen LogP contribution in [0.15, 0.2) is 6.20 Å². The average molecular weight is 153 g/mol. The van der Waals surface area contributed by atoms with Crippen LogP contribution >= 0.6 is 0 Å². The number of amides is 1. The summed E-state index contributed by atoms with van der Waals surface area (Å²) in [4.78, 5) is 10.5. The van der Waals surface area contributed by atoms with Crippen LogP contribution in [0.1, 0.15) is 18.2 Å². The van der Waals surface area contributed by atoms with Crippen molar-refractivity contribution in [2.24, 2.45) is 0 Å². The third kappa shape index (κ3) is 2.07. The van der Waals surface area contributed by atoms with Gasteiger partial charge in [-0.15, -0.1) is 0 Å². The molecule has 4 nitrogen and oxygen atoms in total. The van der Waals surface area contributed by atoms with E-state index in [1.54, 1.807) is 6.20 Å². The molecule has 1 heterocycles. The van der Waals surface area contributed by atoms with Crippen molar-refractivity contribution in [1.29, 1.82) is 0 Å². The van der Waals surface area contributed by atoms with Gasteiger partial charge in [-0.2, -0.15) is 5.10 Å². The third-order valence-electron chi connectivity index (χ3n) is 1.46. The number of hydrogen-bond donors (Lipinski definition) is 2. The van der Waals surface area contributed by atoms with Crippen LogP contribution in [0.4, 0.5) is 0 Å². The predicted octanol–water partition coefficient (Wildman–Crippen LogP) is 0.354. The molecule has 0 aromatic carbocycles. The largest absolute Gasteiger partial charge is 0.352 e. The van der Waals surface area contributed by atoms with Gasteiger partial charge in [0.1, 0.15) is 0 Å². The van der Waals surface area contributed by atoms with Crippen LogP contribution in [0.2, 0.25) is 0 Å². The topological polar surface area (TPSA) is 57.8 Å². The molecule has 0 spiro atoms. The van der Waals surface area contributed by atoms with Crippen molar-refractivity contribution in [3.05, 3.63) is 17.5 Å². The van der Waals surface area contributed by atoms with Gasteiger partial charge in [-0.05, 0) is 6.92 Å². The summed E-state index contributed by atoms with van der Waals surface area (Å²) in [6, 6.07) is 0. The van der Waals surface area contributed by atoms with Gasteiger partial charge in [0.15, 0.2) is 0 Å². The Labute approximate surface area is 65.0 Å². The Bertz CT molecular complexity index is 254. The number of aromatic nitrogens is 2. The zero-order valence-electron chi connectivity index (χ0n) is 6.64. The van der Waals surface area contributed by atoms with Crippen molar-refractivity contribution in [2.75, 3.05) is 0 Å². The normalized spacial score (nSPS) is 9.64. The van der Waals surface area contributed by atoms with Gasteiger partial charge >= 0.3 is 0 Å². The molecule has 0 bridgehead atoms. The number of H-pyrrole nitrogens is 1. The molecule has 0 radical (unpaired) electrons. The molecule has 1 rings (SSSR count). The molecule has 1 aromatic heterocycles. The third-order valence-corrected chi connectivity index (χ3v) is 1.46. The van der Waals surface area contributed by atoms with E-state index in [-0.39, 0.29) is 5.91 Å². The number of aryl methyl sites for hydroxylation is 1. The van der Waals surface area contributed by atoms with Crippen molar-refractivity contribution < 1.29 is 4.79 Å². The van der Waals surface area contributed by atoms with Gasteiger partial charge < -0.3 is 5.32 Å². The molecule has 11 heavy (non-hydrogen) atoms. The van der Waals surface area contributed by atoms with E-state index in [1.807, 2.05) is 6.92 Å². The fourth-order valence-electron chi connectivity index (χ4n) is 0.782. The van der Waals surface area contributed by atoms with Crippen LogP contribution in [0, 0.1) is 6.92 Å². The van der Waals surface area contributed by atoms with Crippen LogP contribution in [0.5, 0.6) is 0 Å². The fraction of sp³-hybridized carbons (Fsp3) is 0.429. The lowest BCUT2D eigenvalue weighted by molar-refractivity contribution is -0.119. The minimum absolute atomic E-state index is 0.0226. The first-order valence-electron chi connectivity index (χ1n) is 3.44. The maximum Gasteiger partial charge on any atom is 0.217 e. The number of carbonyl (C=O) groups is 1. The quantitative estimate of drug-likeness (QED) is 0.644.